The van der Waals surface area contributed by atoms with Crippen molar-refractivity contribution < 1.29 is 13.9 Å². The first-order chi connectivity index (χ1) is 12.7. The molecule has 1 aliphatic rings. The third kappa shape index (κ3) is 4.45. The molecule has 1 N–H and O–H groups in total. The second-order valence-electron chi connectivity index (χ2n) is 6.18. The maximum atomic E-state index is 13.7. The first-order valence-corrected chi connectivity index (χ1v) is 8.49. The van der Waals surface area contributed by atoms with Crippen molar-refractivity contribution in [3.63, 3.8) is 0 Å². The average Bonchev–Trinajstić information content (AvgIpc) is 2.68. The molecule has 1 saturated heterocycles. The molecule has 0 bridgehead atoms. The van der Waals surface area contributed by atoms with Gasteiger partial charge >= 0.3 is 0 Å². The van der Waals surface area contributed by atoms with Crippen LogP contribution in [0.1, 0.15) is 16.7 Å². The summed E-state index contributed by atoms with van der Waals surface area (Å²) in [5.74, 6) is -0.510. The molecular weight excluding hydrogens is 333 g/mol. The number of rotatable bonds is 5. The molecule has 134 valence electrons. The molecule has 26 heavy (non-hydrogen) atoms. The van der Waals surface area contributed by atoms with E-state index in [2.05, 4.69) is 11.4 Å². The molecule has 0 aliphatic carbocycles. The Morgan fingerprint density at radius 2 is 2.04 bits per heavy atom. The zero-order chi connectivity index (χ0) is 18.4. The van der Waals surface area contributed by atoms with Gasteiger partial charge in [0.1, 0.15) is 11.9 Å². The van der Waals surface area contributed by atoms with Crippen molar-refractivity contribution >= 4 is 5.91 Å². The fraction of sp³-hybridized carbons (Fsp3) is 0.300. The zero-order valence-corrected chi connectivity index (χ0v) is 14.3. The minimum absolute atomic E-state index is 0.146. The second kappa shape index (κ2) is 8.56. The highest BCUT2D eigenvalue weighted by Crippen LogP contribution is 2.14. The molecule has 1 heterocycles. The second-order valence-corrected chi connectivity index (χ2v) is 6.18. The van der Waals surface area contributed by atoms with Gasteiger partial charge in [0.25, 0.3) is 0 Å². The van der Waals surface area contributed by atoms with E-state index < -0.39 is 6.04 Å². The number of hydrogen-bond donors (Lipinski definition) is 1. The Kier molecular flexibility index (Phi) is 5.95. The van der Waals surface area contributed by atoms with Gasteiger partial charge in [-0.2, -0.15) is 5.26 Å². The van der Waals surface area contributed by atoms with Gasteiger partial charge in [0, 0.05) is 25.2 Å². The van der Waals surface area contributed by atoms with E-state index in [1.807, 2.05) is 17.0 Å². The molecule has 2 aromatic carbocycles. The van der Waals surface area contributed by atoms with Crippen LogP contribution < -0.4 is 5.32 Å². The maximum Gasteiger partial charge on any atom is 0.240 e. The van der Waals surface area contributed by atoms with Crippen molar-refractivity contribution in [2.24, 2.45) is 0 Å². The molecular formula is C20H20FN3O2. The van der Waals surface area contributed by atoms with Crippen LogP contribution in [0.3, 0.4) is 0 Å². The molecule has 0 radical (unpaired) electrons. The van der Waals surface area contributed by atoms with Crippen LogP contribution in [0.4, 0.5) is 4.39 Å². The molecule has 6 heteroatoms. The van der Waals surface area contributed by atoms with Crippen molar-refractivity contribution in [1.82, 2.24) is 10.2 Å². The predicted molar refractivity (Wildman–Crippen MR) is 94.4 cm³/mol. The normalized spacial score (nSPS) is 17.5. The van der Waals surface area contributed by atoms with E-state index in [0.717, 1.165) is 5.56 Å². The number of nitriles is 1. The number of nitrogens with one attached hydrogen (secondary N) is 1. The van der Waals surface area contributed by atoms with Crippen molar-refractivity contribution in [3.05, 3.63) is 71.0 Å². The fourth-order valence-corrected chi connectivity index (χ4v) is 2.93. The van der Waals surface area contributed by atoms with E-state index in [4.69, 9.17) is 10.00 Å². The lowest BCUT2D eigenvalue weighted by molar-refractivity contribution is -0.133. The summed E-state index contributed by atoms with van der Waals surface area (Å²) in [6.07, 6.45) is 0. The van der Waals surface area contributed by atoms with Gasteiger partial charge in [-0.25, -0.2) is 4.39 Å². The standard InChI is InChI=1S/C20H20FN3O2/c21-18-4-2-1-3-17(18)12-23-20(25)19-14-26-10-9-24(19)13-16-7-5-15(11-22)6-8-16/h1-8,19H,9-10,12-14H2,(H,23,25)/t19-/m1/s1. The van der Waals surface area contributed by atoms with Crippen LogP contribution in [0.2, 0.25) is 0 Å². The minimum atomic E-state index is -0.425. The van der Waals surface area contributed by atoms with Gasteiger partial charge in [-0.15, -0.1) is 0 Å². The van der Waals surface area contributed by atoms with Gasteiger partial charge in [-0.3, -0.25) is 9.69 Å². The van der Waals surface area contributed by atoms with Gasteiger partial charge in [0.2, 0.25) is 5.91 Å². The van der Waals surface area contributed by atoms with Gasteiger partial charge in [0.15, 0.2) is 0 Å². The minimum Gasteiger partial charge on any atom is -0.378 e. The molecule has 5 nitrogen and oxygen atoms in total. The Morgan fingerprint density at radius 3 is 2.77 bits per heavy atom. The topological polar surface area (TPSA) is 65.4 Å². The van der Waals surface area contributed by atoms with Crippen molar-refractivity contribution in [1.29, 1.82) is 5.26 Å². The SMILES string of the molecule is N#Cc1ccc(CN2CCOC[C@@H]2C(=O)NCc2ccccc2F)cc1. The van der Waals surface area contributed by atoms with E-state index in [-0.39, 0.29) is 18.3 Å². The summed E-state index contributed by atoms with van der Waals surface area (Å²) < 4.78 is 19.2. The third-order valence-corrected chi connectivity index (χ3v) is 4.42. The summed E-state index contributed by atoms with van der Waals surface area (Å²) in [6.45, 7) is 2.24. The number of benzene rings is 2. The Morgan fingerprint density at radius 1 is 1.27 bits per heavy atom. The predicted octanol–water partition coefficient (Wildman–Crippen LogP) is 2.21. The first kappa shape index (κ1) is 18.1. The van der Waals surface area contributed by atoms with E-state index in [0.29, 0.717) is 37.4 Å². The monoisotopic (exact) mass is 353 g/mol. The van der Waals surface area contributed by atoms with Gasteiger partial charge in [0.05, 0.1) is 24.8 Å². The molecule has 1 atom stereocenters. The van der Waals surface area contributed by atoms with Crippen LogP contribution in [0.5, 0.6) is 0 Å². The lowest BCUT2D eigenvalue weighted by Crippen LogP contribution is -2.53. The lowest BCUT2D eigenvalue weighted by atomic mass is 10.1. The number of carbonyl (C=O) groups is 1. The summed E-state index contributed by atoms with van der Waals surface area (Å²) in [5, 5.41) is 11.7. The van der Waals surface area contributed by atoms with Crippen LogP contribution in [-0.4, -0.2) is 36.6 Å². The number of ether oxygens (including phenoxy) is 1. The summed E-state index contributed by atoms with van der Waals surface area (Å²) in [6, 6.07) is 15.4. The zero-order valence-electron chi connectivity index (χ0n) is 14.3. The quantitative estimate of drug-likeness (QED) is 0.895. The first-order valence-electron chi connectivity index (χ1n) is 8.49. The summed E-state index contributed by atoms with van der Waals surface area (Å²) >= 11 is 0. The highest BCUT2D eigenvalue weighted by Gasteiger charge is 2.29. The van der Waals surface area contributed by atoms with Crippen LogP contribution in [0.15, 0.2) is 48.5 Å². The van der Waals surface area contributed by atoms with E-state index >= 15 is 0 Å². The molecule has 3 rings (SSSR count). The summed E-state index contributed by atoms with van der Waals surface area (Å²) in [4.78, 5) is 14.6. The number of nitrogens with zero attached hydrogens (tertiary/aromatic N) is 2. The molecule has 1 aliphatic heterocycles. The van der Waals surface area contributed by atoms with Crippen molar-refractivity contribution in [2.75, 3.05) is 19.8 Å². The van der Waals surface area contributed by atoms with Crippen LogP contribution in [0, 0.1) is 17.1 Å². The van der Waals surface area contributed by atoms with Crippen LogP contribution in [0.25, 0.3) is 0 Å². The molecule has 0 spiro atoms. The van der Waals surface area contributed by atoms with Gasteiger partial charge in [-0.1, -0.05) is 30.3 Å². The van der Waals surface area contributed by atoms with E-state index in [9.17, 15) is 9.18 Å². The van der Waals surface area contributed by atoms with E-state index in [1.54, 1.807) is 30.3 Å². The third-order valence-electron chi connectivity index (χ3n) is 4.42. The number of halogens is 1. The van der Waals surface area contributed by atoms with Crippen molar-refractivity contribution in [3.8, 4) is 6.07 Å². The Balaban J connectivity index is 1.63. The average molecular weight is 353 g/mol. The smallest absolute Gasteiger partial charge is 0.240 e. The molecule has 0 saturated carbocycles. The highest BCUT2D eigenvalue weighted by atomic mass is 19.1. The molecule has 2 aromatic rings. The van der Waals surface area contributed by atoms with Gasteiger partial charge in [-0.05, 0) is 23.8 Å². The molecule has 1 amide bonds. The molecule has 0 aromatic heterocycles. The maximum absolute atomic E-state index is 13.7. The van der Waals surface area contributed by atoms with Crippen LogP contribution in [-0.2, 0) is 22.6 Å². The summed E-state index contributed by atoms with van der Waals surface area (Å²) in [7, 11) is 0. The van der Waals surface area contributed by atoms with Crippen molar-refractivity contribution in [2.45, 2.75) is 19.1 Å². The molecule has 0 unspecified atom stereocenters. The van der Waals surface area contributed by atoms with Crippen LogP contribution >= 0.6 is 0 Å². The lowest BCUT2D eigenvalue weighted by Gasteiger charge is -2.34. The largest absolute Gasteiger partial charge is 0.378 e. The highest BCUT2D eigenvalue weighted by molar-refractivity contribution is 5.82. The Hall–Kier alpha value is -2.75. The van der Waals surface area contributed by atoms with E-state index in [1.165, 1.54) is 6.07 Å². The Bertz CT molecular complexity index is 801. The van der Waals surface area contributed by atoms with Gasteiger partial charge < -0.3 is 10.1 Å². The summed E-state index contributed by atoms with van der Waals surface area (Å²) in [5.41, 5.74) is 2.09. The number of carbonyl (C=O) groups excluding carboxylic acids is 1. The number of amides is 1. The fourth-order valence-electron chi connectivity index (χ4n) is 2.93. The molecule has 1 fully saturated rings. The number of hydrogen-bond acceptors (Lipinski definition) is 4. The number of morpholine rings is 1. The Labute approximate surface area is 152 Å².